The van der Waals surface area contributed by atoms with Gasteiger partial charge in [-0.3, -0.25) is 4.90 Å². The topological polar surface area (TPSA) is 27.7 Å². The van der Waals surface area contributed by atoms with Crippen LogP contribution in [0.2, 0.25) is 0 Å². The molecule has 1 rings (SSSR count). The van der Waals surface area contributed by atoms with Gasteiger partial charge >= 0.3 is 0 Å². The van der Waals surface area contributed by atoms with E-state index in [2.05, 4.69) is 43.1 Å². The van der Waals surface area contributed by atoms with Crippen molar-refractivity contribution in [2.24, 2.45) is 0 Å². The van der Waals surface area contributed by atoms with Crippen molar-refractivity contribution in [2.75, 3.05) is 66.6 Å². The van der Waals surface area contributed by atoms with Gasteiger partial charge in [-0.05, 0) is 46.7 Å². The molecule has 0 radical (unpaired) electrons. The van der Waals surface area contributed by atoms with Crippen LogP contribution < -0.4 is 5.32 Å². The van der Waals surface area contributed by atoms with Crippen LogP contribution >= 0.6 is 0 Å². The first kappa shape index (κ1) is 21.1. The maximum absolute atomic E-state index is 5.27. The smallest absolute Gasteiger partial charge is 0.0594 e. The summed E-state index contributed by atoms with van der Waals surface area (Å²) in [6.07, 6.45) is 1.26. The molecule has 1 fully saturated rings. The van der Waals surface area contributed by atoms with E-state index in [0.29, 0.717) is 0 Å². The molecular formula is C15H37N3O. The zero-order valence-corrected chi connectivity index (χ0v) is 14.2. The molecule has 118 valence electrons. The summed E-state index contributed by atoms with van der Waals surface area (Å²) in [4.78, 5) is 4.60. The van der Waals surface area contributed by atoms with Gasteiger partial charge in [-0.25, -0.2) is 0 Å². The molecule has 1 aliphatic heterocycles. The minimum atomic E-state index is 0.918. The molecule has 4 heteroatoms. The Labute approximate surface area is 121 Å². The summed E-state index contributed by atoms with van der Waals surface area (Å²) >= 11 is 0. The van der Waals surface area contributed by atoms with Crippen LogP contribution in [-0.4, -0.2) is 76.4 Å². The van der Waals surface area contributed by atoms with Gasteiger partial charge in [0.05, 0.1) is 13.2 Å². The van der Waals surface area contributed by atoms with Crippen LogP contribution in [0.3, 0.4) is 0 Å². The predicted molar refractivity (Wildman–Crippen MR) is 86.0 cm³/mol. The van der Waals surface area contributed by atoms with E-state index in [1.165, 1.54) is 13.0 Å². The van der Waals surface area contributed by atoms with Gasteiger partial charge in [-0.1, -0.05) is 27.7 Å². The molecule has 1 heterocycles. The summed E-state index contributed by atoms with van der Waals surface area (Å²) in [6, 6.07) is 0. The molecule has 1 N–H and O–H groups in total. The third-order valence-corrected chi connectivity index (χ3v) is 2.81. The largest absolute Gasteiger partial charge is 0.379 e. The lowest BCUT2D eigenvalue weighted by Crippen LogP contribution is -2.37. The average Bonchev–Trinajstić information content (AvgIpc) is 2.47. The molecule has 0 aromatic carbocycles. The zero-order valence-electron chi connectivity index (χ0n) is 14.2. The lowest BCUT2D eigenvalue weighted by atomic mass is 10.3. The Bertz CT molecular complexity index is 148. The van der Waals surface area contributed by atoms with E-state index in [1.807, 2.05) is 13.8 Å². The van der Waals surface area contributed by atoms with Crippen molar-refractivity contribution in [3.63, 3.8) is 0 Å². The monoisotopic (exact) mass is 275 g/mol. The third-order valence-electron chi connectivity index (χ3n) is 2.81. The van der Waals surface area contributed by atoms with Crippen LogP contribution in [0.1, 0.15) is 34.1 Å². The molecule has 1 saturated heterocycles. The number of nitrogens with one attached hydrogen (secondary N) is 1. The standard InChI is InChI=1S/C9H20N2O.C4H11N.C2H6/c1-2-10-4-3-5-11-6-8-12-9-7-11;1-4-5(2)3;1-2/h10H,2-9H2,1H3;4H2,1-3H3;1-2H3. The van der Waals surface area contributed by atoms with Crippen LogP contribution in [0, 0.1) is 0 Å². The zero-order chi connectivity index (χ0) is 14.9. The highest BCUT2D eigenvalue weighted by Gasteiger charge is 2.08. The molecule has 0 bridgehead atoms. The SMILES string of the molecule is CC.CCN(C)C.CCNCCCN1CCOCC1. The minimum Gasteiger partial charge on any atom is -0.379 e. The molecule has 0 aliphatic carbocycles. The molecular weight excluding hydrogens is 238 g/mol. The van der Waals surface area contributed by atoms with E-state index < -0.39 is 0 Å². The number of hydrogen-bond donors (Lipinski definition) is 1. The summed E-state index contributed by atoms with van der Waals surface area (Å²) < 4.78 is 5.27. The number of ether oxygens (including phenoxy) is 1. The van der Waals surface area contributed by atoms with Crippen molar-refractivity contribution >= 4 is 0 Å². The first-order chi connectivity index (χ1) is 9.20. The Morgan fingerprint density at radius 2 is 1.63 bits per heavy atom. The highest BCUT2D eigenvalue weighted by Crippen LogP contribution is 1.96. The summed E-state index contributed by atoms with van der Waals surface area (Å²) in [7, 11) is 4.11. The van der Waals surface area contributed by atoms with Crippen molar-refractivity contribution in [3.8, 4) is 0 Å². The maximum Gasteiger partial charge on any atom is 0.0594 e. The first-order valence-corrected chi connectivity index (χ1v) is 7.86. The molecule has 0 spiro atoms. The van der Waals surface area contributed by atoms with Crippen molar-refractivity contribution in [1.82, 2.24) is 15.1 Å². The lowest BCUT2D eigenvalue weighted by molar-refractivity contribution is 0.0375. The fourth-order valence-electron chi connectivity index (χ4n) is 1.43. The van der Waals surface area contributed by atoms with E-state index >= 15 is 0 Å². The lowest BCUT2D eigenvalue weighted by Gasteiger charge is -2.26. The number of nitrogens with zero attached hydrogens (tertiary/aromatic N) is 2. The van der Waals surface area contributed by atoms with Crippen LogP contribution in [0.5, 0.6) is 0 Å². The predicted octanol–water partition coefficient (Wildman–Crippen LogP) is 1.91. The van der Waals surface area contributed by atoms with Crippen LogP contribution in [0.15, 0.2) is 0 Å². The second-order valence-electron chi connectivity index (χ2n) is 4.56. The molecule has 1 aliphatic rings. The van der Waals surface area contributed by atoms with Crippen LogP contribution in [0.25, 0.3) is 0 Å². The number of hydrogen-bond acceptors (Lipinski definition) is 4. The van der Waals surface area contributed by atoms with Gasteiger partial charge in [-0.15, -0.1) is 0 Å². The van der Waals surface area contributed by atoms with Crippen LogP contribution in [0.4, 0.5) is 0 Å². The normalized spacial score (nSPS) is 15.3. The molecule has 0 amide bonds. The van der Waals surface area contributed by atoms with Gasteiger partial charge < -0.3 is 15.0 Å². The van der Waals surface area contributed by atoms with Gasteiger partial charge in [0.15, 0.2) is 0 Å². The summed E-state index contributed by atoms with van der Waals surface area (Å²) in [6.45, 7) is 16.9. The maximum atomic E-state index is 5.27. The Hall–Kier alpha value is -0.160. The quantitative estimate of drug-likeness (QED) is 0.750. The van der Waals surface area contributed by atoms with Gasteiger partial charge in [0.2, 0.25) is 0 Å². The van der Waals surface area contributed by atoms with Gasteiger partial charge in [0.25, 0.3) is 0 Å². The van der Waals surface area contributed by atoms with Crippen molar-refractivity contribution in [1.29, 1.82) is 0 Å². The second-order valence-corrected chi connectivity index (χ2v) is 4.56. The highest BCUT2D eigenvalue weighted by molar-refractivity contribution is 4.61. The minimum absolute atomic E-state index is 0.918. The summed E-state index contributed by atoms with van der Waals surface area (Å²) in [5.74, 6) is 0. The molecule has 0 aromatic heterocycles. The van der Waals surface area contributed by atoms with Gasteiger partial charge in [0, 0.05) is 13.1 Å². The van der Waals surface area contributed by atoms with Crippen molar-refractivity contribution < 1.29 is 4.74 Å². The third kappa shape index (κ3) is 17.8. The second kappa shape index (κ2) is 17.8. The van der Waals surface area contributed by atoms with E-state index in [1.54, 1.807) is 0 Å². The summed E-state index contributed by atoms with van der Waals surface area (Å²) in [5, 5.41) is 3.33. The Kier molecular flexibility index (Phi) is 19.9. The van der Waals surface area contributed by atoms with Crippen LogP contribution in [-0.2, 0) is 4.74 Å². The Morgan fingerprint density at radius 1 is 1.11 bits per heavy atom. The molecule has 0 atom stereocenters. The highest BCUT2D eigenvalue weighted by atomic mass is 16.5. The fourth-order valence-corrected chi connectivity index (χ4v) is 1.43. The fraction of sp³-hybridized carbons (Fsp3) is 1.00. The van der Waals surface area contributed by atoms with Crippen molar-refractivity contribution in [2.45, 2.75) is 34.1 Å². The molecule has 0 aromatic rings. The average molecular weight is 275 g/mol. The van der Waals surface area contributed by atoms with Gasteiger partial charge in [-0.2, -0.15) is 0 Å². The Balaban J connectivity index is 0. The van der Waals surface area contributed by atoms with Gasteiger partial charge in [0.1, 0.15) is 0 Å². The number of morpholine rings is 1. The van der Waals surface area contributed by atoms with Crippen molar-refractivity contribution in [3.05, 3.63) is 0 Å². The van der Waals surface area contributed by atoms with E-state index in [0.717, 1.165) is 45.9 Å². The molecule has 0 unspecified atom stereocenters. The van der Waals surface area contributed by atoms with E-state index in [9.17, 15) is 0 Å². The molecule has 0 saturated carbocycles. The summed E-state index contributed by atoms with van der Waals surface area (Å²) in [5.41, 5.74) is 0. The molecule has 19 heavy (non-hydrogen) atoms. The molecule has 4 nitrogen and oxygen atoms in total. The Morgan fingerprint density at radius 3 is 2.05 bits per heavy atom. The van der Waals surface area contributed by atoms with E-state index in [4.69, 9.17) is 4.74 Å². The number of rotatable bonds is 6. The van der Waals surface area contributed by atoms with E-state index in [-0.39, 0.29) is 0 Å². The first-order valence-electron chi connectivity index (χ1n) is 7.86.